The van der Waals surface area contributed by atoms with E-state index in [0.717, 1.165) is 35.8 Å². The van der Waals surface area contributed by atoms with Crippen LogP contribution in [0.3, 0.4) is 0 Å². The summed E-state index contributed by atoms with van der Waals surface area (Å²) >= 11 is 6.38. The highest BCUT2D eigenvalue weighted by Gasteiger charge is 2.37. The largest absolute Gasteiger partial charge is 0.419 e. The number of para-hydroxylation sites is 1. The van der Waals surface area contributed by atoms with Crippen molar-refractivity contribution in [3.05, 3.63) is 124 Å². The number of nitrogens with one attached hydrogen (secondary N) is 5. The van der Waals surface area contributed by atoms with E-state index in [-0.39, 0.29) is 46.0 Å². The number of H-pyrrole nitrogens is 2. The number of fused-ring (bicyclic) bond motifs is 3. The Kier molecular flexibility index (Phi) is 11.8. The van der Waals surface area contributed by atoms with Crippen LogP contribution in [0.15, 0.2) is 96.6 Å². The van der Waals surface area contributed by atoms with Gasteiger partial charge in [-0.15, -0.1) is 0 Å². The van der Waals surface area contributed by atoms with Gasteiger partial charge >= 0.3 is 6.18 Å². The Bertz CT molecular complexity index is 3180. The zero-order chi connectivity index (χ0) is 45.6. The molecule has 9 rings (SSSR count). The molecule has 5 N–H and O–H groups in total. The van der Waals surface area contributed by atoms with E-state index < -0.39 is 18.9 Å². The monoisotopic (exact) mass is 906 g/mol. The summed E-state index contributed by atoms with van der Waals surface area (Å²) in [6.45, 7) is 9.87. The molecule has 5 aromatic heterocycles. The molecule has 2 unspecified atom stereocenters. The molecule has 1 fully saturated rings. The fourth-order valence-corrected chi connectivity index (χ4v) is 9.67. The Hall–Kier alpha value is -6.60. The summed E-state index contributed by atoms with van der Waals surface area (Å²) in [7, 11) is -2.91. The Morgan fingerprint density at radius 1 is 1.02 bits per heavy atom. The summed E-state index contributed by atoms with van der Waals surface area (Å²) < 4.78 is 56.3. The molecule has 8 aromatic rings. The molecule has 0 saturated carbocycles. The fraction of sp³-hybridized carbons (Fsp3) is 0.267. The predicted octanol–water partition coefficient (Wildman–Crippen LogP) is 9.19. The SMILES string of the molecule is CC(Nc1ncnc2nc[nH]c12)c1cc2cccc(Cl)c2c(=O)n1-c1ccccc1.CC1(C)CCC(Nc2ncc(C(F)(F)F)c(-c3c[nH]c4c(P(C)(C)=O)c(C#N)ccc34)n2)CN1. The first kappa shape index (κ1) is 44.0. The lowest BCUT2D eigenvalue weighted by Crippen LogP contribution is -2.50. The molecule has 0 bridgehead atoms. The van der Waals surface area contributed by atoms with E-state index >= 15 is 0 Å². The minimum atomic E-state index is -4.67. The number of rotatable bonds is 8. The van der Waals surface area contributed by atoms with Crippen LogP contribution < -0.4 is 26.8 Å². The van der Waals surface area contributed by atoms with Crippen LogP contribution in [0.25, 0.3) is 49.8 Å². The lowest BCUT2D eigenvalue weighted by atomic mass is 9.91. The lowest BCUT2D eigenvalue weighted by Gasteiger charge is -2.36. The molecule has 0 aliphatic carbocycles. The molecule has 14 nitrogen and oxygen atoms in total. The van der Waals surface area contributed by atoms with E-state index in [9.17, 15) is 27.8 Å². The number of halogens is 4. The van der Waals surface area contributed by atoms with Crippen LogP contribution in [-0.2, 0) is 10.7 Å². The number of pyridine rings is 1. The van der Waals surface area contributed by atoms with Crippen LogP contribution in [-0.4, -0.2) is 70.9 Å². The van der Waals surface area contributed by atoms with Gasteiger partial charge in [0.05, 0.1) is 50.9 Å². The van der Waals surface area contributed by atoms with Gasteiger partial charge in [0.25, 0.3) is 5.56 Å². The smallest absolute Gasteiger partial charge is 0.360 e. The number of imidazole rings is 1. The quantitative estimate of drug-likeness (QED) is 0.0913. The molecule has 1 aliphatic heterocycles. The molecule has 64 heavy (non-hydrogen) atoms. The second-order valence-electron chi connectivity index (χ2n) is 16.6. The molecule has 3 aromatic carbocycles. The summed E-state index contributed by atoms with van der Waals surface area (Å²) in [5.41, 5.74) is 2.23. The molecular formula is C45H43ClF3N12O2P. The lowest BCUT2D eigenvalue weighted by molar-refractivity contribution is -0.137. The molecule has 0 amide bonds. The van der Waals surface area contributed by atoms with Crippen molar-refractivity contribution in [3.63, 3.8) is 0 Å². The first-order chi connectivity index (χ1) is 30.4. The number of nitrogens with zero attached hydrogens (tertiary/aromatic N) is 7. The molecule has 0 radical (unpaired) electrons. The van der Waals surface area contributed by atoms with Crippen LogP contribution in [0.1, 0.15) is 56.5 Å². The molecule has 1 aliphatic rings. The van der Waals surface area contributed by atoms with Gasteiger partial charge in [-0.05, 0) is 82.7 Å². The van der Waals surface area contributed by atoms with Gasteiger partial charge in [0.15, 0.2) is 11.5 Å². The Morgan fingerprint density at radius 3 is 2.50 bits per heavy atom. The third kappa shape index (κ3) is 8.81. The van der Waals surface area contributed by atoms with Gasteiger partial charge in [-0.1, -0.05) is 48.0 Å². The highest BCUT2D eigenvalue weighted by Crippen LogP contribution is 2.43. The number of benzene rings is 3. The van der Waals surface area contributed by atoms with E-state index in [2.05, 4.69) is 64.7 Å². The maximum Gasteiger partial charge on any atom is 0.419 e. The van der Waals surface area contributed by atoms with Gasteiger partial charge in [0, 0.05) is 52.9 Å². The van der Waals surface area contributed by atoms with Gasteiger partial charge in [-0.25, -0.2) is 24.9 Å². The summed E-state index contributed by atoms with van der Waals surface area (Å²) in [6.07, 6.45) is 2.30. The molecule has 328 valence electrons. The number of alkyl halides is 3. The van der Waals surface area contributed by atoms with Gasteiger partial charge < -0.3 is 30.5 Å². The molecule has 1 saturated heterocycles. The first-order valence-corrected chi connectivity index (χ1v) is 23.3. The van der Waals surface area contributed by atoms with Crippen LogP contribution in [0, 0.1) is 11.3 Å². The zero-order valence-corrected chi connectivity index (χ0v) is 37.0. The van der Waals surface area contributed by atoms with E-state index in [1.807, 2.05) is 61.5 Å². The number of aromatic nitrogens is 8. The zero-order valence-electron chi connectivity index (χ0n) is 35.3. The third-order valence-corrected chi connectivity index (χ3v) is 13.0. The van der Waals surface area contributed by atoms with Gasteiger partial charge in [0.1, 0.15) is 24.5 Å². The number of piperidine rings is 1. The Morgan fingerprint density at radius 2 is 1.80 bits per heavy atom. The summed E-state index contributed by atoms with van der Waals surface area (Å²) in [5.74, 6) is 0.720. The van der Waals surface area contributed by atoms with Crippen molar-refractivity contribution >= 4 is 68.7 Å². The first-order valence-electron chi connectivity index (χ1n) is 20.3. The minimum absolute atomic E-state index is 0.00631. The number of hydrogen-bond acceptors (Lipinski definition) is 11. The maximum absolute atomic E-state index is 13.9. The molecule has 19 heteroatoms. The molecule has 2 atom stereocenters. The van der Waals surface area contributed by atoms with Crippen molar-refractivity contribution < 1.29 is 17.7 Å². The van der Waals surface area contributed by atoms with E-state index in [1.165, 1.54) is 31.9 Å². The van der Waals surface area contributed by atoms with Gasteiger partial charge in [-0.2, -0.15) is 18.4 Å². The number of aromatic amines is 2. The highest BCUT2D eigenvalue weighted by molar-refractivity contribution is 7.70. The summed E-state index contributed by atoms with van der Waals surface area (Å²) in [6, 6.07) is 21.8. The molecule has 6 heterocycles. The summed E-state index contributed by atoms with van der Waals surface area (Å²) in [4.78, 5) is 40.4. The average Bonchev–Trinajstić information content (AvgIpc) is 3.92. The number of nitriles is 1. The van der Waals surface area contributed by atoms with Crippen molar-refractivity contribution in [2.75, 3.05) is 30.5 Å². The van der Waals surface area contributed by atoms with E-state index in [0.29, 0.717) is 50.1 Å². The van der Waals surface area contributed by atoms with Crippen LogP contribution in [0.4, 0.5) is 24.9 Å². The maximum atomic E-state index is 13.9. The summed E-state index contributed by atoms with van der Waals surface area (Å²) in [5, 5.41) is 21.9. The number of hydrogen-bond donors (Lipinski definition) is 5. The standard InChI is InChI=1S/C23H26F3N6OP.C22H17ClN6O/c1-22(2)8-7-14(10-30-22)31-21-29-12-17(23(24,25)26)18(32-21)16-11-28-19-15(16)6-5-13(9-27)20(19)34(3,4)33;1-13(28-21-19-20(25-11-24-19)26-12-27-21)17-10-14-6-5-9-16(23)18(14)22(30)29(17)15-7-3-2-4-8-15/h5-6,11-12,14,28,30H,7-8,10H2,1-4H3,(H,29,31,32);2-13H,1H3,(H2,24,25,26,27,28). The minimum Gasteiger partial charge on any atom is -0.360 e. The Balaban J connectivity index is 0.000000176. The van der Waals surface area contributed by atoms with Crippen molar-refractivity contribution in [2.24, 2.45) is 0 Å². The van der Waals surface area contributed by atoms with E-state index in [1.54, 1.807) is 23.0 Å². The third-order valence-electron chi connectivity index (χ3n) is 11.2. The van der Waals surface area contributed by atoms with Gasteiger partial charge in [-0.3, -0.25) is 9.36 Å². The molecule has 0 spiro atoms. The van der Waals surface area contributed by atoms with Crippen molar-refractivity contribution in [3.8, 4) is 23.0 Å². The second-order valence-corrected chi connectivity index (χ2v) is 20.1. The van der Waals surface area contributed by atoms with Crippen molar-refractivity contribution in [1.29, 1.82) is 5.26 Å². The van der Waals surface area contributed by atoms with Crippen LogP contribution in [0.5, 0.6) is 0 Å². The average molecular weight is 907 g/mol. The molecular weight excluding hydrogens is 864 g/mol. The number of anilines is 2. The normalized spacial score (nSPS) is 15.7. The highest BCUT2D eigenvalue weighted by atomic mass is 35.5. The second kappa shape index (κ2) is 17.2. The van der Waals surface area contributed by atoms with Crippen LogP contribution in [0.2, 0.25) is 5.02 Å². The van der Waals surface area contributed by atoms with Crippen LogP contribution >= 0.6 is 18.7 Å². The predicted molar refractivity (Wildman–Crippen MR) is 245 cm³/mol. The van der Waals surface area contributed by atoms with Crippen molar-refractivity contribution in [2.45, 2.75) is 57.4 Å². The van der Waals surface area contributed by atoms with Crippen molar-refractivity contribution in [1.82, 2.24) is 44.8 Å². The Labute approximate surface area is 370 Å². The topological polar surface area (TPSA) is 195 Å². The van der Waals surface area contributed by atoms with Gasteiger partial charge in [0.2, 0.25) is 5.95 Å². The fourth-order valence-electron chi connectivity index (χ4n) is 7.98. The van der Waals surface area contributed by atoms with E-state index in [4.69, 9.17) is 11.6 Å².